The van der Waals surface area contributed by atoms with Gasteiger partial charge in [0.05, 0.1) is 12.2 Å². The highest BCUT2D eigenvalue weighted by molar-refractivity contribution is 6.09. The quantitative estimate of drug-likeness (QED) is 0.537. The third kappa shape index (κ3) is 3.74. The molecule has 1 aromatic heterocycles. The summed E-state index contributed by atoms with van der Waals surface area (Å²) in [4.78, 5) is 24.8. The van der Waals surface area contributed by atoms with Gasteiger partial charge < -0.3 is 25.3 Å². The minimum Gasteiger partial charge on any atom is -0.483 e. The molecule has 1 atom stereocenters. The number of nitrogens with one attached hydrogen (secondary N) is 1. The molecule has 7 nitrogen and oxygen atoms in total. The molecule has 1 unspecified atom stereocenters. The third-order valence-corrected chi connectivity index (χ3v) is 5.79. The maximum atomic E-state index is 14.1. The first-order chi connectivity index (χ1) is 14.8. The van der Waals surface area contributed by atoms with Crippen molar-refractivity contribution in [3.63, 3.8) is 0 Å². The largest absolute Gasteiger partial charge is 0.483 e. The zero-order valence-corrected chi connectivity index (χ0v) is 17.0. The molecule has 162 valence electrons. The summed E-state index contributed by atoms with van der Waals surface area (Å²) >= 11 is 0. The lowest BCUT2D eigenvalue weighted by atomic mass is 9.76. The fraction of sp³-hybridized carbons (Fsp3) is 0.304. The first-order valence-corrected chi connectivity index (χ1v) is 10.0. The van der Waals surface area contributed by atoms with Gasteiger partial charge in [-0.05, 0) is 50.5 Å². The van der Waals surface area contributed by atoms with Crippen molar-refractivity contribution in [1.82, 2.24) is 5.32 Å². The highest BCUT2D eigenvalue weighted by Crippen LogP contribution is 2.35. The second kappa shape index (κ2) is 8.03. The van der Waals surface area contributed by atoms with Crippen molar-refractivity contribution in [1.29, 1.82) is 0 Å². The van der Waals surface area contributed by atoms with E-state index >= 15 is 0 Å². The van der Waals surface area contributed by atoms with Crippen LogP contribution in [0.5, 0.6) is 5.75 Å². The normalized spacial score (nSPS) is 15.8. The number of rotatable bonds is 7. The van der Waals surface area contributed by atoms with Crippen molar-refractivity contribution < 1.29 is 28.2 Å². The smallest absolute Gasteiger partial charge is 0.256 e. The molecule has 1 saturated carbocycles. The minimum atomic E-state index is -1.03. The van der Waals surface area contributed by atoms with E-state index < -0.39 is 35.9 Å². The Morgan fingerprint density at radius 3 is 2.65 bits per heavy atom. The number of carbonyl (C=O) groups excluding carboxylic acids is 2. The highest BCUT2D eigenvalue weighted by Gasteiger charge is 2.44. The summed E-state index contributed by atoms with van der Waals surface area (Å²) in [7, 11) is 0. The third-order valence-electron chi connectivity index (χ3n) is 5.79. The Hall–Kier alpha value is -3.39. The topological polar surface area (TPSA) is 115 Å². The molecule has 4 rings (SSSR count). The summed E-state index contributed by atoms with van der Waals surface area (Å²) in [6, 6.07) is 10.9. The molecule has 1 aliphatic carbocycles. The Balaban J connectivity index is 1.65. The predicted octanol–water partition coefficient (Wildman–Crippen LogP) is 3.13. The molecule has 4 N–H and O–H groups in total. The molecule has 3 aromatic rings. The number of fused-ring (bicyclic) bond motifs is 1. The van der Waals surface area contributed by atoms with E-state index in [9.17, 15) is 19.1 Å². The van der Waals surface area contributed by atoms with Gasteiger partial charge >= 0.3 is 0 Å². The number of ether oxygens (including phenoxy) is 1. The number of amides is 2. The van der Waals surface area contributed by atoms with Gasteiger partial charge in [0, 0.05) is 10.9 Å². The summed E-state index contributed by atoms with van der Waals surface area (Å²) in [5, 5.41) is 13.0. The fourth-order valence-corrected chi connectivity index (χ4v) is 3.90. The Labute approximate surface area is 178 Å². The van der Waals surface area contributed by atoms with E-state index in [4.69, 9.17) is 14.9 Å². The Morgan fingerprint density at radius 1 is 1.29 bits per heavy atom. The standard InChI is InChI=1S/C23H23FN2O5/c1-13-20(21(28)26-23(22(25)29)9-4-10-23)16-11-14(7-8-18(16)30-13)31-19(12-27)15-5-2-3-6-17(15)24/h2-3,5-8,11,19,27H,4,9-10,12H2,1H3,(H2,25,29)(H,26,28). The van der Waals surface area contributed by atoms with Crippen molar-refractivity contribution in [2.75, 3.05) is 6.61 Å². The van der Waals surface area contributed by atoms with Gasteiger partial charge in [-0.1, -0.05) is 18.2 Å². The summed E-state index contributed by atoms with van der Waals surface area (Å²) < 4.78 is 25.6. The average molecular weight is 426 g/mol. The van der Waals surface area contributed by atoms with E-state index in [1.165, 1.54) is 12.1 Å². The average Bonchev–Trinajstić information content (AvgIpc) is 3.04. The van der Waals surface area contributed by atoms with Gasteiger partial charge in [-0.15, -0.1) is 0 Å². The lowest BCUT2D eigenvalue weighted by Crippen LogP contribution is -2.61. The zero-order valence-electron chi connectivity index (χ0n) is 17.0. The number of benzene rings is 2. The van der Waals surface area contributed by atoms with Gasteiger partial charge in [0.2, 0.25) is 5.91 Å². The van der Waals surface area contributed by atoms with Crippen LogP contribution < -0.4 is 15.8 Å². The summed E-state index contributed by atoms with van der Waals surface area (Å²) in [5.41, 5.74) is 5.42. The van der Waals surface area contributed by atoms with Crippen LogP contribution in [0.25, 0.3) is 11.0 Å². The van der Waals surface area contributed by atoms with E-state index in [2.05, 4.69) is 5.32 Å². The van der Waals surface area contributed by atoms with Gasteiger partial charge in [0.25, 0.3) is 5.91 Å². The van der Waals surface area contributed by atoms with Crippen molar-refractivity contribution in [3.05, 3.63) is 65.2 Å². The van der Waals surface area contributed by atoms with Crippen LogP contribution in [0.4, 0.5) is 4.39 Å². The first-order valence-electron chi connectivity index (χ1n) is 10.0. The van der Waals surface area contributed by atoms with Crippen LogP contribution >= 0.6 is 0 Å². The molecule has 31 heavy (non-hydrogen) atoms. The van der Waals surface area contributed by atoms with Crippen LogP contribution in [0.1, 0.15) is 47.0 Å². The highest BCUT2D eigenvalue weighted by atomic mass is 19.1. The second-order valence-corrected chi connectivity index (χ2v) is 7.76. The van der Waals surface area contributed by atoms with E-state index in [0.717, 1.165) is 6.42 Å². The van der Waals surface area contributed by atoms with Crippen LogP contribution in [-0.4, -0.2) is 29.1 Å². The van der Waals surface area contributed by atoms with Crippen molar-refractivity contribution in [3.8, 4) is 5.75 Å². The van der Waals surface area contributed by atoms with Gasteiger partial charge in [0.1, 0.15) is 34.6 Å². The maximum absolute atomic E-state index is 14.1. The lowest BCUT2D eigenvalue weighted by Gasteiger charge is -2.39. The SMILES string of the molecule is Cc1oc2ccc(OC(CO)c3ccccc3F)cc2c1C(=O)NC1(C(N)=O)CCC1. The number of carbonyl (C=O) groups is 2. The van der Waals surface area contributed by atoms with Crippen LogP contribution in [0.15, 0.2) is 46.9 Å². The van der Waals surface area contributed by atoms with E-state index in [-0.39, 0.29) is 11.1 Å². The number of primary amides is 1. The molecule has 0 bridgehead atoms. The van der Waals surface area contributed by atoms with Gasteiger partial charge in [-0.3, -0.25) is 9.59 Å². The van der Waals surface area contributed by atoms with Gasteiger partial charge in [-0.2, -0.15) is 0 Å². The number of halogens is 1. The number of aliphatic hydroxyl groups excluding tert-OH is 1. The van der Waals surface area contributed by atoms with Crippen LogP contribution in [0.2, 0.25) is 0 Å². The Kier molecular flexibility index (Phi) is 5.41. The van der Waals surface area contributed by atoms with E-state index in [1.54, 1.807) is 37.3 Å². The molecule has 0 aliphatic heterocycles. The maximum Gasteiger partial charge on any atom is 0.256 e. The van der Waals surface area contributed by atoms with Crippen molar-refractivity contribution in [2.45, 2.75) is 37.8 Å². The molecular weight excluding hydrogens is 403 g/mol. The Morgan fingerprint density at radius 2 is 2.03 bits per heavy atom. The Bertz CT molecular complexity index is 1150. The fourth-order valence-electron chi connectivity index (χ4n) is 3.90. The monoisotopic (exact) mass is 426 g/mol. The predicted molar refractivity (Wildman–Crippen MR) is 111 cm³/mol. The molecule has 1 fully saturated rings. The van der Waals surface area contributed by atoms with Crippen molar-refractivity contribution >= 4 is 22.8 Å². The molecule has 8 heteroatoms. The van der Waals surface area contributed by atoms with Gasteiger partial charge in [0.15, 0.2) is 0 Å². The summed E-state index contributed by atoms with van der Waals surface area (Å²) in [6.07, 6.45) is 0.887. The lowest BCUT2D eigenvalue weighted by molar-refractivity contribution is -0.127. The number of nitrogens with two attached hydrogens (primary N) is 1. The molecule has 2 aromatic carbocycles. The molecule has 0 saturated heterocycles. The molecule has 1 aliphatic rings. The minimum absolute atomic E-state index is 0.222. The van der Waals surface area contributed by atoms with Crippen LogP contribution in [0.3, 0.4) is 0 Å². The number of aryl methyl sites for hydroxylation is 1. The number of furan rings is 1. The second-order valence-electron chi connectivity index (χ2n) is 7.76. The van der Waals surface area contributed by atoms with Crippen LogP contribution in [0, 0.1) is 12.7 Å². The zero-order chi connectivity index (χ0) is 22.2. The van der Waals surface area contributed by atoms with E-state index in [0.29, 0.717) is 35.3 Å². The van der Waals surface area contributed by atoms with Crippen LogP contribution in [-0.2, 0) is 4.79 Å². The number of hydrogen-bond acceptors (Lipinski definition) is 5. The first kappa shape index (κ1) is 20.9. The molecule has 0 radical (unpaired) electrons. The molecule has 0 spiro atoms. The molecular formula is C23H23FN2O5. The van der Waals surface area contributed by atoms with Crippen molar-refractivity contribution in [2.24, 2.45) is 5.73 Å². The number of aliphatic hydroxyl groups is 1. The molecule has 2 amide bonds. The summed E-state index contributed by atoms with van der Waals surface area (Å²) in [5.74, 6) is -0.787. The number of hydrogen-bond donors (Lipinski definition) is 3. The summed E-state index contributed by atoms with van der Waals surface area (Å²) in [6.45, 7) is 1.22. The van der Waals surface area contributed by atoms with E-state index in [1.807, 2.05) is 0 Å². The molecule has 1 heterocycles. The van der Waals surface area contributed by atoms with Gasteiger partial charge in [-0.25, -0.2) is 4.39 Å².